The highest BCUT2D eigenvalue weighted by Crippen LogP contribution is 2.15. The Morgan fingerprint density at radius 2 is 1.72 bits per heavy atom. The summed E-state index contributed by atoms with van der Waals surface area (Å²) in [5.41, 5.74) is 1.11. The third kappa shape index (κ3) is 5.58. The van der Waals surface area contributed by atoms with E-state index in [2.05, 4.69) is 10.0 Å². The SMILES string of the molecule is COc1ccc(S(=O)(=O)N[C@H](C)C(=O)NCCc2ccccc2)cc1. The van der Waals surface area contributed by atoms with Crippen LogP contribution in [0.25, 0.3) is 0 Å². The van der Waals surface area contributed by atoms with Gasteiger partial charge in [-0.15, -0.1) is 0 Å². The van der Waals surface area contributed by atoms with Crippen LogP contribution in [-0.4, -0.2) is 34.0 Å². The summed E-state index contributed by atoms with van der Waals surface area (Å²) >= 11 is 0. The summed E-state index contributed by atoms with van der Waals surface area (Å²) in [6.07, 6.45) is 0.685. The van der Waals surface area contributed by atoms with Crippen molar-refractivity contribution in [3.05, 3.63) is 60.2 Å². The number of carbonyl (C=O) groups is 1. The fourth-order valence-corrected chi connectivity index (χ4v) is 3.44. The molecule has 0 aromatic heterocycles. The Morgan fingerprint density at radius 1 is 1.08 bits per heavy atom. The molecule has 2 aromatic carbocycles. The second-order valence-electron chi connectivity index (χ2n) is 5.55. The van der Waals surface area contributed by atoms with Crippen LogP contribution in [0, 0.1) is 0 Å². The van der Waals surface area contributed by atoms with Gasteiger partial charge in [0.05, 0.1) is 18.0 Å². The second kappa shape index (κ2) is 8.64. The van der Waals surface area contributed by atoms with E-state index in [1.54, 1.807) is 12.1 Å². The van der Waals surface area contributed by atoms with Crippen molar-refractivity contribution in [2.24, 2.45) is 0 Å². The Labute approximate surface area is 148 Å². The molecule has 0 fully saturated rings. The monoisotopic (exact) mass is 362 g/mol. The Balaban J connectivity index is 1.88. The molecule has 2 N–H and O–H groups in total. The van der Waals surface area contributed by atoms with E-state index in [1.807, 2.05) is 30.3 Å². The molecule has 7 heteroatoms. The quantitative estimate of drug-likeness (QED) is 0.749. The molecule has 0 spiro atoms. The predicted octanol–water partition coefficient (Wildman–Crippen LogP) is 1.72. The van der Waals surface area contributed by atoms with E-state index in [9.17, 15) is 13.2 Å². The third-order valence-electron chi connectivity index (χ3n) is 3.65. The van der Waals surface area contributed by atoms with Gasteiger partial charge in [-0.25, -0.2) is 8.42 Å². The van der Waals surface area contributed by atoms with Gasteiger partial charge in [0.25, 0.3) is 0 Å². The molecule has 2 aromatic rings. The van der Waals surface area contributed by atoms with Crippen LogP contribution in [0.3, 0.4) is 0 Å². The highest BCUT2D eigenvalue weighted by atomic mass is 32.2. The molecule has 25 heavy (non-hydrogen) atoms. The summed E-state index contributed by atoms with van der Waals surface area (Å²) < 4.78 is 32.0. The molecule has 1 amide bonds. The van der Waals surface area contributed by atoms with Crippen LogP contribution in [0.1, 0.15) is 12.5 Å². The van der Waals surface area contributed by atoms with Crippen molar-refractivity contribution >= 4 is 15.9 Å². The minimum atomic E-state index is -3.77. The molecule has 134 valence electrons. The van der Waals surface area contributed by atoms with Gasteiger partial charge < -0.3 is 10.1 Å². The molecule has 0 bridgehead atoms. The summed E-state index contributed by atoms with van der Waals surface area (Å²) in [7, 11) is -2.27. The third-order valence-corrected chi connectivity index (χ3v) is 5.21. The lowest BCUT2D eigenvalue weighted by Crippen LogP contribution is -2.45. The van der Waals surface area contributed by atoms with Crippen molar-refractivity contribution < 1.29 is 17.9 Å². The van der Waals surface area contributed by atoms with Gasteiger partial charge in [-0.2, -0.15) is 4.72 Å². The number of rotatable bonds is 8. The lowest BCUT2D eigenvalue weighted by molar-refractivity contribution is -0.122. The molecule has 2 rings (SSSR count). The zero-order valence-electron chi connectivity index (χ0n) is 14.2. The van der Waals surface area contributed by atoms with E-state index in [4.69, 9.17) is 4.74 Å². The Kier molecular flexibility index (Phi) is 6.55. The van der Waals surface area contributed by atoms with Crippen molar-refractivity contribution in [3.63, 3.8) is 0 Å². The van der Waals surface area contributed by atoms with E-state index in [1.165, 1.54) is 26.2 Å². The molecule has 0 saturated carbocycles. The first kappa shape index (κ1) is 19.0. The van der Waals surface area contributed by atoms with Gasteiger partial charge in [0, 0.05) is 6.54 Å². The number of hydrogen-bond acceptors (Lipinski definition) is 4. The first-order valence-corrected chi connectivity index (χ1v) is 9.39. The summed E-state index contributed by atoms with van der Waals surface area (Å²) in [5.74, 6) is 0.193. The average Bonchev–Trinajstić information content (AvgIpc) is 2.62. The van der Waals surface area contributed by atoms with Crippen LogP contribution in [0.15, 0.2) is 59.5 Å². The topological polar surface area (TPSA) is 84.5 Å². The van der Waals surface area contributed by atoms with Gasteiger partial charge in [0.1, 0.15) is 5.75 Å². The van der Waals surface area contributed by atoms with Gasteiger partial charge >= 0.3 is 0 Å². The zero-order valence-corrected chi connectivity index (χ0v) is 15.0. The van der Waals surface area contributed by atoms with Crippen LogP contribution >= 0.6 is 0 Å². The highest BCUT2D eigenvalue weighted by molar-refractivity contribution is 7.89. The van der Waals surface area contributed by atoms with Crippen molar-refractivity contribution in [2.75, 3.05) is 13.7 Å². The molecule has 0 aliphatic rings. The number of sulfonamides is 1. The number of methoxy groups -OCH3 is 1. The van der Waals surface area contributed by atoms with E-state index in [-0.39, 0.29) is 10.8 Å². The normalized spacial score (nSPS) is 12.4. The van der Waals surface area contributed by atoms with Crippen LogP contribution in [0.5, 0.6) is 5.75 Å². The van der Waals surface area contributed by atoms with Crippen LogP contribution in [0.4, 0.5) is 0 Å². The van der Waals surface area contributed by atoms with Gasteiger partial charge in [-0.1, -0.05) is 30.3 Å². The summed E-state index contributed by atoms with van der Waals surface area (Å²) in [6.45, 7) is 1.95. The zero-order chi connectivity index (χ0) is 18.3. The van der Waals surface area contributed by atoms with Gasteiger partial charge in [-0.05, 0) is 43.2 Å². The summed E-state index contributed by atoms with van der Waals surface area (Å²) in [4.78, 5) is 12.2. The van der Waals surface area contributed by atoms with Crippen molar-refractivity contribution in [1.29, 1.82) is 0 Å². The number of amides is 1. The molecular formula is C18H22N2O4S. The van der Waals surface area contributed by atoms with Crippen molar-refractivity contribution in [1.82, 2.24) is 10.0 Å². The van der Waals surface area contributed by atoms with Gasteiger partial charge in [-0.3, -0.25) is 4.79 Å². The van der Waals surface area contributed by atoms with E-state index in [0.29, 0.717) is 18.7 Å². The van der Waals surface area contributed by atoms with Crippen molar-refractivity contribution in [2.45, 2.75) is 24.3 Å². The second-order valence-corrected chi connectivity index (χ2v) is 7.26. The highest BCUT2D eigenvalue weighted by Gasteiger charge is 2.21. The van der Waals surface area contributed by atoms with E-state index < -0.39 is 16.1 Å². The maximum atomic E-state index is 12.3. The summed E-state index contributed by atoms with van der Waals surface area (Å²) in [5, 5.41) is 2.74. The van der Waals surface area contributed by atoms with Crippen molar-refractivity contribution in [3.8, 4) is 5.75 Å². The molecule has 0 unspecified atom stereocenters. The lowest BCUT2D eigenvalue weighted by Gasteiger charge is -2.14. The smallest absolute Gasteiger partial charge is 0.241 e. The Hall–Kier alpha value is -2.38. The van der Waals surface area contributed by atoms with E-state index in [0.717, 1.165) is 5.56 Å². The lowest BCUT2D eigenvalue weighted by atomic mass is 10.1. The molecule has 0 radical (unpaired) electrons. The molecule has 6 nitrogen and oxygen atoms in total. The van der Waals surface area contributed by atoms with Gasteiger partial charge in [0.2, 0.25) is 15.9 Å². The maximum Gasteiger partial charge on any atom is 0.241 e. The first-order chi connectivity index (χ1) is 11.9. The Morgan fingerprint density at radius 3 is 2.32 bits per heavy atom. The number of carbonyl (C=O) groups excluding carboxylic acids is 1. The molecule has 0 saturated heterocycles. The van der Waals surface area contributed by atoms with Crippen LogP contribution in [-0.2, 0) is 21.2 Å². The molecule has 0 aliphatic carbocycles. The maximum absolute atomic E-state index is 12.3. The van der Waals surface area contributed by atoms with E-state index >= 15 is 0 Å². The fraction of sp³-hybridized carbons (Fsp3) is 0.278. The van der Waals surface area contributed by atoms with Crippen LogP contribution in [0.2, 0.25) is 0 Å². The first-order valence-electron chi connectivity index (χ1n) is 7.90. The minimum absolute atomic E-state index is 0.0808. The molecule has 0 heterocycles. The van der Waals surface area contributed by atoms with Crippen LogP contribution < -0.4 is 14.8 Å². The molecular weight excluding hydrogens is 340 g/mol. The Bertz CT molecular complexity index is 790. The minimum Gasteiger partial charge on any atom is -0.497 e. The summed E-state index contributed by atoms with van der Waals surface area (Å²) in [6, 6.07) is 14.8. The standard InChI is InChI=1S/C18H22N2O4S/c1-14(18(21)19-13-12-15-6-4-3-5-7-15)20-25(22,23)17-10-8-16(24-2)9-11-17/h3-11,14,20H,12-13H2,1-2H3,(H,19,21)/t14-/m1/s1. The average molecular weight is 362 g/mol. The fourth-order valence-electron chi connectivity index (χ4n) is 2.24. The largest absolute Gasteiger partial charge is 0.497 e. The molecule has 0 aliphatic heterocycles. The number of benzene rings is 2. The number of nitrogens with one attached hydrogen (secondary N) is 2. The number of ether oxygens (including phenoxy) is 1. The predicted molar refractivity (Wildman–Crippen MR) is 95.9 cm³/mol. The molecule has 1 atom stereocenters. The number of hydrogen-bond donors (Lipinski definition) is 2. The van der Waals surface area contributed by atoms with Gasteiger partial charge in [0.15, 0.2) is 0 Å².